The number of hydrogen-bond acceptors (Lipinski definition) is 0. The molecule has 0 aliphatic heterocycles. The molecule has 8 atom stereocenters. The van der Waals surface area contributed by atoms with E-state index in [-0.39, 0.29) is 0 Å². The molecule has 0 aromatic heterocycles. The van der Waals surface area contributed by atoms with Crippen LogP contribution in [0.1, 0.15) is 140 Å². The molecule has 8 unspecified atom stereocenters. The number of allylic oxidation sites excluding steroid dienone is 3. The summed E-state index contributed by atoms with van der Waals surface area (Å²) in [5, 5.41) is 0. The summed E-state index contributed by atoms with van der Waals surface area (Å²) in [4.78, 5) is 0. The molecule has 202 valence electrons. The molecule has 0 spiro atoms. The lowest BCUT2D eigenvalue weighted by atomic mass is 9.46. The molecule has 0 heterocycles. The summed E-state index contributed by atoms with van der Waals surface area (Å²) in [6.07, 6.45) is 19.0. The first-order chi connectivity index (χ1) is 16.2. The van der Waals surface area contributed by atoms with Crippen LogP contribution in [0.2, 0.25) is 0 Å². The predicted octanol–water partition coefficient (Wildman–Crippen LogP) is 11.3. The SMILES string of the molecule is C=C(C)C(C)(C)C.CC(C)CCCC(C)C1CCC2C3CC=C4CC(C)CCC4(C)C3CCC12C. The minimum Gasteiger partial charge on any atom is -0.0996 e. The van der Waals surface area contributed by atoms with Crippen molar-refractivity contribution in [2.75, 3.05) is 0 Å². The maximum Gasteiger partial charge on any atom is -0.00851 e. The van der Waals surface area contributed by atoms with Crippen LogP contribution in [0.5, 0.6) is 0 Å². The lowest BCUT2D eigenvalue weighted by Gasteiger charge is -2.58. The van der Waals surface area contributed by atoms with Crippen molar-refractivity contribution in [3.63, 3.8) is 0 Å². The van der Waals surface area contributed by atoms with E-state index in [4.69, 9.17) is 0 Å². The highest BCUT2D eigenvalue weighted by atomic mass is 14.6. The van der Waals surface area contributed by atoms with Crippen molar-refractivity contribution >= 4 is 0 Å². The Morgan fingerprint density at radius 2 is 1.66 bits per heavy atom. The molecule has 0 nitrogen and oxygen atoms in total. The molecule has 0 aromatic rings. The summed E-state index contributed by atoms with van der Waals surface area (Å²) in [6.45, 7) is 27.6. The normalized spacial score (nSPS) is 39.5. The zero-order chi connectivity index (χ0) is 26.2. The highest BCUT2D eigenvalue weighted by Gasteiger charge is 2.58. The molecule has 0 heteroatoms. The Morgan fingerprint density at radius 3 is 2.26 bits per heavy atom. The van der Waals surface area contributed by atoms with Gasteiger partial charge >= 0.3 is 0 Å². The van der Waals surface area contributed by atoms with Crippen LogP contribution in [0.3, 0.4) is 0 Å². The molecule has 3 fully saturated rings. The van der Waals surface area contributed by atoms with Gasteiger partial charge in [0.05, 0.1) is 0 Å². The third-order valence-corrected chi connectivity index (χ3v) is 11.8. The first-order valence-corrected chi connectivity index (χ1v) is 15.6. The predicted molar refractivity (Wildman–Crippen MR) is 156 cm³/mol. The third kappa shape index (κ3) is 6.14. The van der Waals surface area contributed by atoms with Gasteiger partial charge in [0, 0.05) is 0 Å². The molecule has 4 rings (SSSR count). The Bertz CT molecular complexity index is 746. The zero-order valence-electron chi connectivity index (χ0n) is 25.6. The standard InChI is InChI=1S/C28H48.C7H14/c1-19(2)8-7-9-21(4)24-12-13-25-23-11-10-22-18-20(3)14-16-27(22,5)26(23)15-17-28(24,25)6;1-6(2)7(3,4)5/h10,19-21,23-26H,7-9,11-18H2,1-6H3;1H2,2-5H3. The second kappa shape index (κ2) is 11.1. The quantitative estimate of drug-likeness (QED) is 0.342. The van der Waals surface area contributed by atoms with E-state index in [0.717, 1.165) is 41.4 Å². The summed E-state index contributed by atoms with van der Waals surface area (Å²) in [5.41, 5.74) is 4.61. The number of hydrogen-bond donors (Lipinski definition) is 0. The van der Waals surface area contributed by atoms with Gasteiger partial charge < -0.3 is 0 Å². The molecule has 0 N–H and O–H groups in total. The van der Waals surface area contributed by atoms with Crippen LogP contribution in [-0.4, -0.2) is 0 Å². The molecule has 3 saturated carbocycles. The van der Waals surface area contributed by atoms with E-state index in [9.17, 15) is 0 Å². The van der Waals surface area contributed by atoms with E-state index in [0.29, 0.717) is 16.2 Å². The summed E-state index contributed by atoms with van der Waals surface area (Å²) < 4.78 is 0. The number of rotatable bonds is 5. The number of fused-ring (bicyclic) bond motifs is 5. The average molecular weight is 483 g/mol. The van der Waals surface area contributed by atoms with Crippen LogP contribution in [0, 0.1) is 57.7 Å². The van der Waals surface area contributed by atoms with Crippen molar-refractivity contribution in [3.8, 4) is 0 Å². The van der Waals surface area contributed by atoms with E-state index < -0.39 is 0 Å². The van der Waals surface area contributed by atoms with Gasteiger partial charge in [0.1, 0.15) is 0 Å². The van der Waals surface area contributed by atoms with Gasteiger partial charge in [-0.3, -0.25) is 0 Å². The van der Waals surface area contributed by atoms with Gasteiger partial charge in [-0.1, -0.05) is 105 Å². The van der Waals surface area contributed by atoms with Crippen molar-refractivity contribution in [2.24, 2.45) is 57.7 Å². The van der Waals surface area contributed by atoms with Crippen molar-refractivity contribution in [1.29, 1.82) is 0 Å². The maximum atomic E-state index is 3.83. The topological polar surface area (TPSA) is 0 Å². The largest absolute Gasteiger partial charge is 0.0996 e. The third-order valence-electron chi connectivity index (χ3n) is 11.8. The van der Waals surface area contributed by atoms with Crippen LogP contribution in [0.4, 0.5) is 0 Å². The fourth-order valence-electron chi connectivity index (χ4n) is 8.87. The van der Waals surface area contributed by atoms with Crippen LogP contribution in [-0.2, 0) is 0 Å². The Hall–Kier alpha value is -0.520. The first kappa shape index (κ1) is 29.0. The van der Waals surface area contributed by atoms with Crippen molar-refractivity contribution in [1.82, 2.24) is 0 Å². The van der Waals surface area contributed by atoms with Crippen molar-refractivity contribution in [2.45, 2.75) is 140 Å². The average Bonchev–Trinajstić information content (AvgIpc) is 3.11. The maximum absolute atomic E-state index is 3.83. The molecule has 35 heavy (non-hydrogen) atoms. The summed E-state index contributed by atoms with van der Waals surface area (Å²) in [6, 6.07) is 0. The summed E-state index contributed by atoms with van der Waals surface area (Å²) >= 11 is 0. The molecule has 0 bridgehead atoms. The lowest BCUT2D eigenvalue weighted by Crippen LogP contribution is -2.50. The highest BCUT2D eigenvalue weighted by Crippen LogP contribution is 2.67. The molecular formula is C35H62. The lowest BCUT2D eigenvalue weighted by molar-refractivity contribution is -0.0523. The van der Waals surface area contributed by atoms with E-state index in [1.165, 1.54) is 76.2 Å². The Labute approximate surface area is 221 Å². The van der Waals surface area contributed by atoms with Gasteiger partial charge in [-0.2, -0.15) is 0 Å². The smallest absolute Gasteiger partial charge is 0.00851 e. The van der Waals surface area contributed by atoms with Gasteiger partial charge in [0.25, 0.3) is 0 Å². The van der Waals surface area contributed by atoms with E-state index in [1.807, 2.05) is 5.57 Å². The van der Waals surface area contributed by atoms with Crippen LogP contribution >= 0.6 is 0 Å². The molecular weight excluding hydrogens is 420 g/mol. The Kier molecular flexibility index (Phi) is 9.19. The second-order valence-corrected chi connectivity index (χ2v) is 15.7. The first-order valence-electron chi connectivity index (χ1n) is 15.6. The molecule has 0 amide bonds. The van der Waals surface area contributed by atoms with E-state index >= 15 is 0 Å². The summed E-state index contributed by atoms with van der Waals surface area (Å²) in [7, 11) is 0. The molecule has 0 radical (unpaired) electrons. The fourth-order valence-corrected chi connectivity index (χ4v) is 8.87. The van der Waals surface area contributed by atoms with Gasteiger partial charge in [-0.15, -0.1) is 0 Å². The molecule has 0 aromatic carbocycles. The van der Waals surface area contributed by atoms with Crippen LogP contribution in [0.15, 0.2) is 23.8 Å². The Morgan fingerprint density at radius 1 is 1.00 bits per heavy atom. The monoisotopic (exact) mass is 482 g/mol. The highest BCUT2D eigenvalue weighted by molar-refractivity contribution is 5.25. The Balaban J connectivity index is 0.000000429. The zero-order valence-corrected chi connectivity index (χ0v) is 25.6. The minimum absolute atomic E-state index is 0.306. The van der Waals surface area contributed by atoms with Crippen molar-refractivity contribution < 1.29 is 0 Å². The van der Waals surface area contributed by atoms with Gasteiger partial charge in [0.15, 0.2) is 0 Å². The molecule has 0 saturated heterocycles. The summed E-state index contributed by atoms with van der Waals surface area (Å²) in [5.74, 6) is 6.73. The molecule has 4 aliphatic rings. The minimum atomic E-state index is 0.306. The van der Waals surface area contributed by atoms with Crippen molar-refractivity contribution in [3.05, 3.63) is 23.8 Å². The van der Waals surface area contributed by atoms with Gasteiger partial charge in [0.2, 0.25) is 0 Å². The van der Waals surface area contributed by atoms with E-state index in [2.05, 4.69) is 81.9 Å². The molecule has 4 aliphatic carbocycles. The fraction of sp³-hybridized carbons (Fsp3) is 0.886. The van der Waals surface area contributed by atoms with Crippen LogP contribution in [0.25, 0.3) is 0 Å². The van der Waals surface area contributed by atoms with Gasteiger partial charge in [-0.25, -0.2) is 0 Å². The van der Waals surface area contributed by atoms with Crippen LogP contribution < -0.4 is 0 Å². The second-order valence-electron chi connectivity index (χ2n) is 15.7. The van der Waals surface area contributed by atoms with Gasteiger partial charge in [-0.05, 0) is 116 Å². The van der Waals surface area contributed by atoms with E-state index in [1.54, 1.807) is 0 Å².